The molecule has 0 saturated carbocycles. The molecule has 2 aromatic rings. The monoisotopic (exact) mass is 277 g/mol. The topological polar surface area (TPSA) is 12.0 Å². The van der Waals surface area contributed by atoms with Crippen molar-refractivity contribution in [3.63, 3.8) is 0 Å². The van der Waals surface area contributed by atoms with Crippen molar-refractivity contribution in [3.05, 3.63) is 58.9 Å². The molecule has 0 bridgehead atoms. The lowest BCUT2D eigenvalue weighted by molar-refractivity contribution is 0.587. The summed E-state index contributed by atoms with van der Waals surface area (Å²) in [4.78, 5) is 0. The molecule has 0 fully saturated rings. The second kappa shape index (κ2) is 6.18. The summed E-state index contributed by atoms with van der Waals surface area (Å²) in [6, 6.07) is 12.8. The Bertz CT molecular complexity index is 549. The highest BCUT2D eigenvalue weighted by molar-refractivity contribution is 6.30. The van der Waals surface area contributed by atoms with Gasteiger partial charge < -0.3 is 5.32 Å². The zero-order valence-corrected chi connectivity index (χ0v) is 11.8. The van der Waals surface area contributed by atoms with Gasteiger partial charge in [-0.05, 0) is 41.0 Å². The summed E-state index contributed by atoms with van der Waals surface area (Å²) < 4.78 is 13.5. The third-order valence-corrected chi connectivity index (χ3v) is 3.18. The van der Waals surface area contributed by atoms with Gasteiger partial charge in [-0.2, -0.15) is 0 Å². The molecule has 0 aliphatic rings. The summed E-state index contributed by atoms with van der Waals surface area (Å²) in [7, 11) is 0. The van der Waals surface area contributed by atoms with Gasteiger partial charge in [0.25, 0.3) is 0 Å². The van der Waals surface area contributed by atoms with Crippen molar-refractivity contribution in [1.82, 2.24) is 5.32 Å². The fraction of sp³-hybridized carbons (Fsp3) is 0.250. The van der Waals surface area contributed by atoms with E-state index in [2.05, 4.69) is 19.2 Å². The second-order valence-electron chi connectivity index (χ2n) is 4.84. The van der Waals surface area contributed by atoms with Crippen LogP contribution in [0.1, 0.15) is 19.4 Å². The average molecular weight is 278 g/mol. The number of rotatable bonds is 4. The first-order valence-corrected chi connectivity index (χ1v) is 6.72. The maximum atomic E-state index is 13.5. The molecule has 0 unspecified atom stereocenters. The lowest BCUT2D eigenvalue weighted by Gasteiger charge is -2.13. The summed E-state index contributed by atoms with van der Waals surface area (Å²) in [5.74, 6) is -0.224. The van der Waals surface area contributed by atoms with Crippen LogP contribution in [0.4, 0.5) is 4.39 Å². The number of benzene rings is 2. The maximum absolute atomic E-state index is 13.5. The third kappa shape index (κ3) is 3.79. The number of hydrogen-bond donors (Lipinski definition) is 1. The van der Waals surface area contributed by atoms with Gasteiger partial charge in [-0.3, -0.25) is 0 Å². The summed E-state index contributed by atoms with van der Waals surface area (Å²) >= 11 is 5.89. The first-order chi connectivity index (χ1) is 9.06. The molecule has 0 heterocycles. The smallest absolute Gasteiger partial charge is 0.123 e. The van der Waals surface area contributed by atoms with Crippen molar-refractivity contribution in [2.45, 2.75) is 26.4 Å². The molecule has 0 amide bonds. The lowest BCUT2D eigenvalue weighted by Crippen LogP contribution is -2.22. The van der Waals surface area contributed by atoms with Crippen molar-refractivity contribution in [3.8, 4) is 11.1 Å². The second-order valence-corrected chi connectivity index (χ2v) is 5.28. The standard InChI is InChI=1S/C16H17ClFN/c1-11(2)19-10-13-5-8-15(18)9-16(13)12-3-6-14(17)7-4-12/h3-9,11,19H,10H2,1-2H3. The van der Waals surface area contributed by atoms with E-state index < -0.39 is 0 Å². The third-order valence-electron chi connectivity index (χ3n) is 2.93. The van der Waals surface area contributed by atoms with Crippen LogP contribution in [-0.4, -0.2) is 6.04 Å². The van der Waals surface area contributed by atoms with E-state index >= 15 is 0 Å². The van der Waals surface area contributed by atoms with Gasteiger partial charge in [0.1, 0.15) is 5.82 Å². The van der Waals surface area contributed by atoms with Gasteiger partial charge in [0.15, 0.2) is 0 Å². The first kappa shape index (κ1) is 14.0. The van der Waals surface area contributed by atoms with Crippen LogP contribution < -0.4 is 5.32 Å². The molecular weight excluding hydrogens is 261 g/mol. The summed E-state index contributed by atoms with van der Waals surface area (Å²) in [5, 5.41) is 4.04. The van der Waals surface area contributed by atoms with E-state index in [1.54, 1.807) is 6.07 Å². The fourth-order valence-electron chi connectivity index (χ4n) is 1.92. The van der Waals surface area contributed by atoms with Crippen LogP contribution in [0, 0.1) is 5.82 Å². The van der Waals surface area contributed by atoms with Gasteiger partial charge in [0.05, 0.1) is 0 Å². The van der Waals surface area contributed by atoms with Crippen LogP contribution in [0.3, 0.4) is 0 Å². The average Bonchev–Trinajstić information content (AvgIpc) is 2.38. The van der Waals surface area contributed by atoms with E-state index in [1.807, 2.05) is 30.3 Å². The van der Waals surface area contributed by atoms with E-state index in [0.29, 0.717) is 11.1 Å². The van der Waals surface area contributed by atoms with E-state index in [1.165, 1.54) is 6.07 Å². The van der Waals surface area contributed by atoms with E-state index in [-0.39, 0.29) is 5.82 Å². The summed E-state index contributed by atoms with van der Waals surface area (Å²) in [5.41, 5.74) is 2.96. The van der Waals surface area contributed by atoms with Crippen LogP contribution in [0.15, 0.2) is 42.5 Å². The van der Waals surface area contributed by atoms with Gasteiger partial charge >= 0.3 is 0 Å². The highest BCUT2D eigenvalue weighted by Crippen LogP contribution is 2.26. The highest BCUT2D eigenvalue weighted by atomic mass is 35.5. The van der Waals surface area contributed by atoms with Crippen molar-refractivity contribution in [1.29, 1.82) is 0 Å². The molecule has 1 nitrogen and oxygen atoms in total. The minimum absolute atomic E-state index is 0.224. The van der Waals surface area contributed by atoms with Crippen LogP contribution in [0.25, 0.3) is 11.1 Å². The molecule has 2 rings (SSSR count). The minimum Gasteiger partial charge on any atom is -0.310 e. The molecule has 0 radical (unpaired) electrons. The summed E-state index contributed by atoms with van der Waals surface area (Å²) in [6.07, 6.45) is 0. The first-order valence-electron chi connectivity index (χ1n) is 6.34. The van der Waals surface area contributed by atoms with Gasteiger partial charge in [0, 0.05) is 17.6 Å². The number of halogens is 2. The molecule has 0 atom stereocenters. The maximum Gasteiger partial charge on any atom is 0.123 e. The Balaban J connectivity index is 2.36. The molecule has 0 aromatic heterocycles. The molecular formula is C16H17ClFN. The number of hydrogen-bond acceptors (Lipinski definition) is 1. The van der Waals surface area contributed by atoms with E-state index in [9.17, 15) is 4.39 Å². The molecule has 0 saturated heterocycles. The van der Waals surface area contributed by atoms with Crippen LogP contribution in [0.5, 0.6) is 0 Å². The van der Waals surface area contributed by atoms with Crippen LogP contribution >= 0.6 is 11.6 Å². The van der Waals surface area contributed by atoms with Gasteiger partial charge in [-0.25, -0.2) is 4.39 Å². The highest BCUT2D eigenvalue weighted by Gasteiger charge is 2.07. The van der Waals surface area contributed by atoms with Crippen molar-refractivity contribution in [2.24, 2.45) is 0 Å². The Morgan fingerprint density at radius 3 is 2.42 bits per heavy atom. The Morgan fingerprint density at radius 1 is 1.11 bits per heavy atom. The Kier molecular flexibility index (Phi) is 4.56. The van der Waals surface area contributed by atoms with Crippen molar-refractivity contribution < 1.29 is 4.39 Å². The van der Waals surface area contributed by atoms with Gasteiger partial charge in [-0.1, -0.05) is 43.6 Å². The lowest BCUT2D eigenvalue weighted by atomic mass is 9.99. The van der Waals surface area contributed by atoms with E-state index in [0.717, 1.165) is 23.2 Å². The van der Waals surface area contributed by atoms with Gasteiger partial charge in [0.2, 0.25) is 0 Å². The number of nitrogens with one attached hydrogen (secondary N) is 1. The Hall–Kier alpha value is -1.38. The SMILES string of the molecule is CC(C)NCc1ccc(F)cc1-c1ccc(Cl)cc1. The molecule has 2 aromatic carbocycles. The molecule has 100 valence electrons. The van der Waals surface area contributed by atoms with Crippen LogP contribution in [0.2, 0.25) is 5.02 Å². The fourth-order valence-corrected chi connectivity index (χ4v) is 2.04. The molecule has 1 N–H and O–H groups in total. The zero-order chi connectivity index (χ0) is 13.8. The van der Waals surface area contributed by atoms with Crippen molar-refractivity contribution >= 4 is 11.6 Å². The largest absolute Gasteiger partial charge is 0.310 e. The zero-order valence-electron chi connectivity index (χ0n) is 11.1. The molecule has 0 spiro atoms. The molecule has 0 aliphatic heterocycles. The van der Waals surface area contributed by atoms with Crippen molar-refractivity contribution in [2.75, 3.05) is 0 Å². The van der Waals surface area contributed by atoms with Gasteiger partial charge in [-0.15, -0.1) is 0 Å². The predicted molar refractivity (Wildman–Crippen MR) is 78.8 cm³/mol. The molecule has 0 aliphatic carbocycles. The Labute approximate surface area is 118 Å². The minimum atomic E-state index is -0.224. The van der Waals surface area contributed by atoms with Crippen LogP contribution in [-0.2, 0) is 6.54 Å². The quantitative estimate of drug-likeness (QED) is 0.858. The summed E-state index contributed by atoms with van der Waals surface area (Å²) in [6.45, 7) is 4.90. The Morgan fingerprint density at radius 2 is 1.79 bits per heavy atom. The molecule has 19 heavy (non-hydrogen) atoms. The normalized spacial score (nSPS) is 11.0. The molecule has 3 heteroatoms. The predicted octanol–water partition coefficient (Wildman–Crippen LogP) is 4.64. The van der Waals surface area contributed by atoms with E-state index in [4.69, 9.17) is 11.6 Å².